The molecule has 2 N–H and O–H groups in total. The Morgan fingerprint density at radius 3 is 2.23 bits per heavy atom. The van der Waals surface area contributed by atoms with Gasteiger partial charge in [-0.3, -0.25) is 4.79 Å². The van der Waals surface area contributed by atoms with Gasteiger partial charge in [0.25, 0.3) is 0 Å². The third-order valence-corrected chi connectivity index (χ3v) is 6.24. The van der Waals surface area contributed by atoms with Crippen LogP contribution in [0.1, 0.15) is 43.0 Å². The van der Waals surface area contributed by atoms with Crippen LogP contribution in [-0.2, 0) is 40.3 Å². The molecule has 0 bridgehead atoms. The number of carbonyl (C=O) groups excluding carboxylic acids is 3. The van der Waals surface area contributed by atoms with Crippen LogP contribution in [0.15, 0.2) is 78.9 Å². The number of ether oxygens (including phenoxy) is 2. The van der Waals surface area contributed by atoms with Crippen molar-refractivity contribution in [2.45, 2.75) is 58.4 Å². The Morgan fingerprint density at radius 2 is 1.56 bits per heavy atom. The van der Waals surface area contributed by atoms with E-state index < -0.39 is 17.7 Å². The molecule has 0 fully saturated rings. The molecule has 0 radical (unpaired) electrons. The number of fused-ring (bicyclic) bond motifs is 1. The first kappa shape index (κ1) is 27.7. The van der Waals surface area contributed by atoms with Gasteiger partial charge in [0.15, 0.2) is 0 Å². The van der Waals surface area contributed by atoms with Gasteiger partial charge in [-0.1, -0.05) is 66.7 Å². The lowest BCUT2D eigenvalue weighted by Crippen LogP contribution is -2.45. The first-order chi connectivity index (χ1) is 18.7. The Morgan fingerprint density at radius 1 is 0.897 bits per heavy atom. The molecule has 0 aliphatic carbocycles. The van der Waals surface area contributed by atoms with Crippen molar-refractivity contribution in [3.05, 3.63) is 101 Å². The van der Waals surface area contributed by atoms with E-state index >= 15 is 0 Å². The second-order valence-corrected chi connectivity index (χ2v) is 10.6. The van der Waals surface area contributed by atoms with Crippen LogP contribution in [0.5, 0.6) is 0 Å². The first-order valence-corrected chi connectivity index (χ1v) is 13.1. The molecular formula is C31H35N3O5. The minimum Gasteiger partial charge on any atom is -0.445 e. The Kier molecular flexibility index (Phi) is 8.86. The van der Waals surface area contributed by atoms with Crippen LogP contribution in [0.4, 0.5) is 15.3 Å². The average Bonchev–Trinajstić information content (AvgIpc) is 2.91. The third-order valence-electron chi connectivity index (χ3n) is 6.24. The van der Waals surface area contributed by atoms with Gasteiger partial charge in [-0.25, -0.2) is 9.59 Å². The highest BCUT2D eigenvalue weighted by Crippen LogP contribution is 2.24. The van der Waals surface area contributed by atoms with Gasteiger partial charge >= 0.3 is 12.2 Å². The molecule has 39 heavy (non-hydrogen) atoms. The SMILES string of the molecule is CC(C)(C)OC(=O)N1CCc2cc(NC(=O)C(Cc3ccccc3)NC(=O)OCc3ccccc3)ccc2C1. The smallest absolute Gasteiger partial charge is 0.410 e. The summed E-state index contributed by atoms with van der Waals surface area (Å²) < 4.78 is 10.9. The van der Waals surface area contributed by atoms with Crippen molar-refractivity contribution in [1.82, 2.24) is 10.2 Å². The number of rotatable bonds is 7. The van der Waals surface area contributed by atoms with Gasteiger partial charge in [-0.05, 0) is 61.6 Å². The van der Waals surface area contributed by atoms with Gasteiger partial charge in [-0.2, -0.15) is 0 Å². The zero-order chi connectivity index (χ0) is 27.8. The van der Waals surface area contributed by atoms with Gasteiger partial charge in [0.2, 0.25) is 5.91 Å². The molecule has 4 rings (SSSR count). The highest BCUT2D eigenvalue weighted by Gasteiger charge is 2.27. The number of carbonyl (C=O) groups is 3. The molecule has 1 atom stereocenters. The van der Waals surface area contributed by atoms with Crippen molar-refractivity contribution >= 4 is 23.8 Å². The summed E-state index contributed by atoms with van der Waals surface area (Å²) in [6.45, 7) is 6.63. The van der Waals surface area contributed by atoms with Crippen molar-refractivity contribution < 1.29 is 23.9 Å². The van der Waals surface area contributed by atoms with Crippen molar-refractivity contribution in [3.63, 3.8) is 0 Å². The first-order valence-electron chi connectivity index (χ1n) is 13.1. The number of alkyl carbamates (subject to hydrolysis) is 1. The van der Waals surface area contributed by atoms with Crippen LogP contribution >= 0.6 is 0 Å². The second-order valence-electron chi connectivity index (χ2n) is 10.6. The molecule has 8 heteroatoms. The molecule has 3 amide bonds. The molecule has 0 saturated carbocycles. The fourth-order valence-electron chi connectivity index (χ4n) is 4.31. The number of hydrogen-bond acceptors (Lipinski definition) is 5. The lowest BCUT2D eigenvalue weighted by atomic mass is 9.99. The molecule has 1 heterocycles. The van der Waals surface area contributed by atoms with Crippen LogP contribution in [0.2, 0.25) is 0 Å². The average molecular weight is 530 g/mol. The van der Waals surface area contributed by atoms with Crippen molar-refractivity contribution in [1.29, 1.82) is 0 Å². The monoisotopic (exact) mass is 529 g/mol. The summed E-state index contributed by atoms with van der Waals surface area (Å²) in [4.78, 5) is 40.1. The minimum absolute atomic E-state index is 0.109. The van der Waals surface area contributed by atoms with Crippen LogP contribution in [0.3, 0.4) is 0 Å². The molecule has 1 unspecified atom stereocenters. The number of anilines is 1. The van der Waals surface area contributed by atoms with Crippen LogP contribution < -0.4 is 10.6 Å². The number of amides is 3. The van der Waals surface area contributed by atoms with Gasteiger partial charge in [0.1, 0.15) is 18.2 Å². The van der Waals surface area contributed by atoms with Crippen LogP contribution in [0.25, 0.3) is 0 Å². The Hall–Kier alpha value is -4.33. The molecule has 3 aromatic rings. The second kappa shape index (κ2) is 12.5. The summed E-state index contributed by atoms with van der Waals surface area (Å²) in [5, 5.41) is 5.67. The van der Waals surface area contributed by atoms with E-state index in [4.69, 9.17) is 9.47 Å². The lowest BCUT2D eigenvalue weighted by Gasteiger charge is -2.31. The molecule has 8 nitrogen and oxygen atoms in total. The van der Waals surface area contributed by atoms with Gasteiger partial charge < -0.3 is 25.0 Å². The van der Waals surface area contributed by atoms with Crippen molar-refractivity contribution in [2.24, 2.45) is 0 Å². The molecule has 1 aliphatic heterocycles. The van der Waals surface area contributed by atoms with E-state index in [-0.39, 0.29) is 18.6 Å². The summed E-state index contributed by atoms with van der Waals surface area (Å²) in [6.07, 6.45) is -0.0410. The largest absolute Gasteiger partial charge is 0.445 e. The molecule has 0 saturated heterocycles. The van der Waals surface area contributed by atoms with Crippen molar-refractivity contribution in [2.75, 3.05) is 11.9 Å². The fourth-order valence-corrected chi connectivity index (χ4v) is 4.31. The predicted molar refractivity (Wildman–Crippen MR) is 149 cm³/mol. The van der Waals surface area contributed by atoms with E-state index in [1.807, 2.05) is 99.6 Å². The molecule has 204 valence electrons. The van der Waals surface area contributed by atoms with Gasteiger partial charge in [0.05, 0.1) is 0 Å². The maximum Gasteiger partial charge on any atom is 0.410 e. The predicted octanol–water partition coefficient (Wildman–Crippen LogP) is 5.46. The van der Waals surface area contributed by atoms with E-state index in [1.54, 1.807) is 4.90 Å². The molecule has 1 aliphatic rings. The van der Waals surface area contributed by atoms with Crippen LogP contribution in [-0.4, -0.2) is 41.2 Å². The molecule has 3 aromatic carbocycles. The van der Waals surface area contributed by atoms with Gasteiger partial charge in [-0.15, -0.1) is 0 Å². The Balaban J connectivity index is 1.40. The zero-order valence-electron chi connectivity index (χ0n) is 22.6. The van der Waals surface area contributed by atoms with E-state index in [9.17, 15) is 14.4 Å². The maximum atomic E-state index is 13.3. The number of benzene rings is 3. The van der Waals surface area contributed by atoms with E-state index in [2.05, 4.69) is 10.6 Å². The quantitative estimate of drug-likeness (QED) is 0.424. The fraction of sp³-hybridized carbons (Fsp3) is 0.323. The lowest BCUT2D eigenvalue weighted by molar-refractivity contribution is -0.118. The highest BCUT2D eigenvalue weighted by atomic mass is 16.6. The van der Waals surface area contributed by atoms with E-state index in [1.165, 1.54) is 0 Å². The number of nitrogens with one attached hydrogen (secondary N) is 2. The highest BCUT2D eigenvalue weighted by molar-refractivity contribution is 5.96. The third kappa shape index (κ3) is 8.33. The van der Waals surface area contributed by atoms with E-state index in [0.717, 1.165) is 22.3 Å². The molecule has 0 spiro atoms. The molecular weight excluding hydrogens is 494 g/mol. The normalized spacial score (nSPS) is 13.6. The number of nitrogens with zero attached hydrogens (tertiary/aromatic N) is 1. The van der Waals surface area contributed by atoms with Gasteiger partial charge in [0, 0.05) is 25.2 Å². The van der Waals surface area contributed by atoms with E-state index in [0.29, 0.717) is 31.6 Å². The number of hydrogen-bond donors (Lipinski definition) is 2. The topological polar surface area (TPSA) is 97.0 Å². The summed E-state index contributed by atoms with van der Waals surface area (Å²) in [7, 11) is 0. The standard InChI is InChI=1S/C31H35N3O5/c1-31(2,3)39-30(37)34-17-16-24-19-26(15-14-25(24)20-34)32-28(35)27(18-22-10-6-4-7-11-22)33-29(36)38-21-23-12-8-5-9-13-23/h4-15,19,27H,16-18,20-21H2,1-3H3,(H,32,35)(H,33,36). The maximum absolute atomic E-state index is 13.3. The van der Waals surface area contributed by atoms with Crippen LogP contribution in [0, 0.1) is 0 Å². The summed E-state index contributed by atoms with van der Waals surface area (Å²) >= 11 is 0. The molecule has 0 aromatic heterocycles. The Bertz CT molecular complexity index is 1290. The minimum atomic E-state index is -0.839. The summed E-state index contributed by atoms with van der Waals surface area (Å²) in [5.74, 6) is -0.346. The zero-order valence-corrected chi connectivity index (χ0v) is 22.6. The summed E-state index contributed by atoms with van der Waals surface area (Å²) in [6, 6.07) is 23.7. The Labute approximate surface area is 229 Å². The van der Waals surface area contributed by atoms with Crippen molar-refractivity contribution in [3.8, 4) is 0 Å². The summed E-state index contributed by atoms with van der Waals surface area (Å²) in [5.41, 5.74) is 3.91.